The Hall–Kier alpha value is -0.890. The van der Waals surface area contributed by atoms with E-state index in [2.05, 4.69) is 19.2 Å². The van der Waals surface area contributed by atoms with Gasteiger partial charge in [0.15, 0.2) is 0 Å². The van der Waals surface area contributed by atoms with E-state index in [-0.39, 0.29) is 5.82 Å². The molecular weight excluding hydrogens is 237 g/mol. The fraction of sp³-hybridized carbons (Fsp3) is 0.647. The second-order valence-corrected chi connectivity index (χ2v) is 5.32. The average Bonchev–Trinajstić information content (AvgIpc) is 2.40. The molecule has 1 rings (SSSR count). The first-order valence-corrected chi connectivity index (χ1v) is 7.68. The molecule has 1 atom stereocenters. The first-order chi connectivity index (χ1) is 9.19. The second-order valence-electron chi connectivity index (χ2n) is 5.32. The molecule has 0 aliphatic carbocycles. The Morgan fingerprint density at radius 1 is 1.11 bits per heavy atom. The smallest absolute Gasteiger partial charge is 0.126 e. The van der Waals surface area contributed by atoms with Crippen molar-refractivity contribution in [3.05, 3.63) is 35.1 Å². The van der Waals surface area contributed by atoms with E-state index in [0.29, 0.717) is 6.04 Å². The summed E-state index contributed by atoms with van der Waals surface area (Å²) in [4.78, 5) is 0. The van der Waals surface area contributed by atoms with Gasteiger partial charge in [0.25, 0.3) is 0 Å². The summed E-state index contributed by atoms with van der Waals surface area (Å²) in [5.41, 5.74) is 1.96. The normalized spacial score (nSPS) is 12.6. The third kappa shape index (κ3) is 5.73. The zero-order valence-corrected chi connectivity index (χ0v) is 12.6. The molecule has 2 heteroatoms. The van der Waals surface area contributed by atoms with Crippen molar-refractivity contribution in [2.45, 2.75) is 65.3 Å². The number of aryl methyl sites for hydroxylation is 1. The van der Waals surface area contributed by atoms with Crippen LogP contribution in [0.3, 0.4) is 0 Å². The van der Waals surface area contributed by atoms with Gasteiger partial charge < -0.3 is 5.32 Å². The van der Waals surface area contributed by atoms with Gasteiger partial charge >= 0.3 is 0 Å². The number of halogens is 1. The molecule has 0 amide bonds. The minimum absolute atomic E-state index is 0.109. The SMILES string of the molecule is CCCCCCCC(NCC)c1ccc(F)c(C)c1. The molecule has 0 aliphatic heterocycles. The molecule has 1 nitrogen and oxygen atoms in total. The number of rotatable bonds is 9. The summed E-state index contributed by atoms with van der Waals surface area (Å²) in [6.45, 7) is 7.16. The van der Waals surface area contributed by atoms with Gasteiger partial charge in [-0.3, -0.25) is 0 Å². The predicted molar refractivity (Wildman–Crippen MR) is 80.9 cm³/mol. The third-order valence-electron chi connectivity index (χ3n) is 3.63. The van der Waals surface area contributed by atoms with Crippen molar-refractivity contribution in [3.8, 4) is 0 Å². The van der Waals surface area contributed by atoms with E-state index in [1.807, 2.05) is 19.1 Å². The summed E-state index contributed by atoms with van der Waals surface area (Å²) in [5.74, 6) is -0.109. The average molecular weight is 265 g/mol. The van der Waals surface area contributed by atoms with E-state index in [1.54, 1.807) is 6.07 Å². The quantitative estimate of drug-likeness (QED) is 0.609. The molecule has 19 heavy (non-hydrogen) atoms. The van der Waals surface area contributed by atoms with Crippen molar-refractivity contribution < 1.29 is 4.39 Å². The van der Waals surface area contributed by atoms with Crippen LogP contribution in [0.1, 0.15) is 69.5 Å². The Labute approximate surface area is 117 Å². The summed E-state index contributed by atoms with van der Waals surface area (Å²) in [7, 11) is 0. The molecule has 0 spiro atoms. The predicted octanol–water partition coefficient (Wildman–Crippen LogP) is 5.15. The van der Waals surface area contributed by atoms with Gasteiger partial charge in [0.05, 0.1) is 0 Å². The molecule has 0 heterocycles. The lowest BCUT2D eigenvalue weighted by atomic mass is 9.98. The fourth-order valence-corrected chi connectivity index (χ4v) is 2.47. The first-order valence-electron chi connectivity index (χ1n) is 7.68. The molecule has 108 valence electrons. The topological polar surface area (TPSA) is 12.0 Å². The van der Waals surface area contributed by atoms with E-state index < -0.39 is 0 Å². The highest BCUT2D eigenvalue weighted by Gasteiger charge is 2.11. The first kappa shape index (κ1) is 16.2. The van der Waals surface area contributed by atoms with Gasteiger partial charge in [-0.05, 0) is 37.1 Å². The van der Waals surface area contributed by atoms with Gasteiger partial charge in [0, 0.05) is 6.04 Å². The maximum absolute atomic E-state index is 13.3. The molecule has 0 saturated heterocycles. The van der Waals surface area contributed by atoms with Gasteiger partial charge in [-0.1, -0.05) is 58.1 Å². The van der Waals surface area contributed by atoms with Crippen molar-refractivity contribution in [2.75, 3.05) is 6.54 Å². The second kappa shape index (κ2) is 9.08. The fourth-order valence-electron chi connectivity index (χ4n) is 2.47. The van der Waals surface area contributed by atoms with Gasteiger partial charge in [-0.2, -0.15) is 0 Å². The minimum Gasteiger partial charge on any atom is -0.310 e. The van der Waals surface area contributed by atoms with Gasteiger partial charge in [-0.25, -0.2) is 4.39 Å². The molecule has 0 bridgehead atoms. The van der Waals surface area contributed by atoms with Crippen LogP contribution in [0.25, 0.3) is 0 Å². The zero-order valence-electron chi connectivity index (χ0n) is 12.6. The van der Waals surface area contributed by atoms with E-state index in [1.165, 1.54) is 37.7 Å². The van der Waals surface area contributed by atoms with Crippen LogP contribution in [0.4, 0.5) is 4.39 Å². The van der Waals surface area contributed by atoms with Crippen LogP contribution in [0.2, 0.25) is 0 Å². The summed E-state index contributed by atoms with van der Waals surface area (Å²) in [5, 5.41) is 3.51. The van der Waals surface area contributed by atoms with Crippen LogP contribution in [0, 0.1) is 12.7 Å². The minimum atomic E-state index is -0.109. The van der Waals surface area contributed by atoms with Crippen LogP contribution < -0.4 is 5.32 Å². The molecule has 0 fully saturated rings. The third-order valence-corrected chi connectivity index (χ3v) is 3.63. The van der Waals surface area contributed by atoms with Crippen LogP contribution in [-0.2, 0) is 0 Å². The standard InChI is InChI=1S/C17H28FN/c1-4-6-7-8-9-10-17(19-5-2)15-11-12-16(18)14(3)13-15/h11-13,17,19H,4-10H2,1-3H3. The monoisotopic (exact) mass is 265 g/mol. The molecule has 0 aromatic heterocycles. The van der Waals surface area contributed by atoms with Crippen molar-refractivity contribution in [3.63, 3.8) is 0 Å². The highest BCUT2D eigenvalue weighted by Crippen LogP contribution is 2.22. The lowest BCUT2D eigenvalue weighted by Crippen LogP contribution is -2.21. The Balaban J connectivity index is 2.53. The molecule has 1 aromatic rings. The molecule has 0 saturated carbocycles. The van der Waals surface area contributed by atoms with Crippen LogP contribution >= 0.6 is 0 Å². The molecule has 0 radical (unpaired) electrons. The van der Waals surface area contributed by atoms with Crippen LogP contribution in [-0.4, -0.2) is 6.54 Å². The lowest BCUT2D eigenvalue weighted by molar-refractivity contribution is 0.477. The maximum atomic E-state index is 13.3. The number of benzene rings is 1. The highest BCUT2D eigenvalue weighted by molar-refractivity contribution is 5.26. The van der Waals surface area contributed by atoms with E-state index in [4.69, 9.17) is 0 Å². The van der Waals surface area contributed by atoms with E-state index in [0.717, 1.165) is 18.5 Å². The van der Waals surface area contributed by atoms with Gasteiger partial charge in [0.2, 0.25) is 0 Å². The van der Waals surface area contributed by atoms with E-state index in [9.17, 15) is 4.39 Å². The van der Waals surface area contributed by atoms with Crippen LogP contribution in [0.5, 0.6) is 0 Å². The molecule has 1 unspecified atom stereocenters. The Bertz CT molecular complexity index is 362. The van der Waals surface area contributed by atoms with Crippen molar-refractivity contribution in [2.24, 2.45) is 0 Å². The summed E-state index contributed by atoms with van der Waals surface area (Å²) < 4.78 is 13.3. The molecular formula is C17H28FN. The van der Waals surface area contributed by atoms with Crippen molar-refractivity contribution >= 4 is 0 Å². The Morgan fingerprint density at radius 2 is 1.84 bits per heavy atom. The Morgan fingerprint density at radius 3 is 2.47 bits per heavy atom. The van der Waals surface area contributed by atoms with Crippen molar-refractivity contribution in [1.82, 2.24) is 5.32 Å². The lowest BCUT2D eigenvalue weighted by Gasteiger charge is -2.19. The number of unbranched alkanes of at least 4 members (excludes halogenated alkanes) is 4. The molecule has 1 N–H and O–H groups in total. The van der Waals surface area contributed by atoms with E-state index >= 15 is 0 Å². The Kier molecular flexibility index (Phi) is 7.73. The zero-order chi connectivity index (χ0) is 14.1. The number of nitrogens with one attached hydrogen (secondary N) is 1. The number of hydrogen-bond donors (Lipinski definition) is 1. The summed E-state index contributed by atoms with van der Waals surface area (Å²) >= 11 is 0. The van der Waals surface area contributed by atoms with Crippen LogP contribution in [0.15, 0.2) is 18.2 Å². The largest absolute Gasteiger partial charge is 0.310 e. The maximum Gasteiger partial charge on any atom is 0.126 e. The molecule has 0 aliphatic rings. The number of hydrogen-bond acceptors (Lipinski definition) is 1. The highest BCUT2D eigenvalue weighted by atomic mass is 19.1. The van der Waals surface area contributed by atoms with Gasteiger partial charge in [0.1, 0.15) is 5.82 Å². The summed E-state index contributed by atoms with van der Waals surface area (Å²) in [6.07, 6.45) is 7.64. The van der Waals surface area contributed by atoms with Crippen molar-refractivity contribution in [1.29, 1.82) is 0 Å². The van der Waals surface area contributed by atoms with Gasteiger partial charge in [-0.15, -0.1) is 0 Å². The summed E-state index contributed by atoms with van der Waals surface area (Å²) in [6, 6.07) is 5.86. The molecule has 1 aromatic carbocycles.